The number of nitrogens with zero attached hydrogens (tertiary/aromatic N) is 2. The number of hydrogen-bond acceptors (Lipinski definition) is 6. The molecule has 1 aromatic heterocycles. The molecule has 17 heavy (non-hydrogen) atoms. The van der Waals surface area contributed by atoms with E-state index in [9.17, 15) is 0 Å². The van der Waals surface area contributed by atoms with Crippen LogP contribution in [0.2, 0.25) is 0 Å². The maximum atomic E-state index is 7.30. The molecule has 0 fully saturated rings. The SMILES string of the molecule is COCCOCCOc1nccnc1C(=N)N. The summed E-state index contributed by atoms with van der Waals surface area (Å²) in [4.78, 5) is 7.86. The average molecular weight is 240 g/mol. The first-order valence-corrected chi connectivity index (χ1v) is 5.10. The Morgan fingerprint density at radius 3 is 2.65 bits per heavy atom. The van der Waals surface area contributed by atoms with Crippen LogP contribution in [0.1, 0.15) is 5.69 Å². The van der Waals surface area contributed by atoms with Crippen LogP contribution in [0.15, 0.2) is 12.4 Å². The summed E-state index contributed by atoms with van der Waals surface area (Å²) in [7, 11) is 1.61. The first kappa shape index (κ1) is 13.3. The maximum Gasteiger partial charge on any atom is 0.243 e. The van der Waals surface area contributed by atoms with Gasteiger partial charge in [0, 0.05) is 19.5 Å². The molecular formula is C10H16N4O3. The summed E-state index contributed by atoms with van der Waals surface area (Å²) in [5.74, 6) is 0.0729. The Bertz CT molecular complexity index is 359. The highest BCUT2D eigenvalue weighted by molar-refractivity contribution is 5.94. The molecule has 0 unspecified atom stereocenters. The monoisotopic (exact) mass is 240 g/mol. The fraction of sp³-hybridized carbons (Fsp3) is 0.500. The zero-order valence-corrected chi connectivity index (χ0v) is 9.68. The number of rotatable bonds is 8. The normalized spacial score (nSPS) is 10.2. The van der Waals surface area contributed by atoms with Crippen LogP contribution in [-0.4, -0.2) is 49.3 Å². The van der Waals surface area contributed by atoms with Gasteiger partial charge in [0.05, 0.1) is 19.8 Å². The smallest absolute Gasteiger partial charge is 0.243 e. The highest BCUT2D eigenvalue weighted by Crippen LogP contribution is 2.09. The molecule has 0 aliphatic rings. The minimum atomic E-state index is -0.173. The van der Waals surface area contributed by atoms with Gasteiger partial charge in [-0.25, -0.2) is 9.97 Å². The first-order valence-electron chi connectivity index (χ1n) is 5.10. The third-order valence-corrected chi connectivity index (χ3v) is 1.82. The van der Waals surface area contributed by atoms with Crippen LogP contribution in [0.5, 0.6) is 5.88 Å². The molecule has 0 bridgehead atoms. The molecule has 0 spiro atoms. The van der Waals surface area contributed by atoms with E-state index in [4.69, 9.17) is 25.4 Å². The lowest BCUT2D eigenvalue weighted by Gasteiger charge is -2.08. The molecule has 0 radical (unpaired) electrons. The molecule has 1 heterocycles. The molecule has 1 rings (SSSR count). The number of nitrogen functional groups attached to an aromatic ring is 1. The number of aromatic nitrogens is 2. The van der Waals surface area contributed by atoms with E-state index in [2.05, 4.69) is 9.97 Å². The van der Waals surface area contributed by atoms with Crippen LogP contribution < -0.4 is 10.5 Å². The van der Waals surface area contributed by atoms with Gasteiger partial charge in [0.25, 0.3) is 0 Å². The number of amidine groups is 1. The quantitative estimate of drug-likeness (QED) is 0.370. The van der Waals surface area contributed by atoms with Crippen LogP contribution in [0.25, 0.3) is 0 Å². The van der Waals surface area contributed by atoms with E-state index in [0.717, 1.165) is 0 Å². The standard InChI is InChI=1S/C10H16N4O3/c1-15-4-5-16-6-7-17-10-8(9(11)12)13-2-3-14-10/h2-3H,4-7H2,1H3,(H3,11,12). The van der Waals surface area contributed by atoms with Crippen molar-refractivity contribution in [3.63, 3.8) is 0 Å². The van der Waals surface area contributed by atoms with Gasteiger partial charge in [0.15, 0.2) is 5.69 Å². The second-order valence-electron chi connectivity index (χ2n) is 3.08. The summed E-state index contributed by atoms with van der Waals surface area (Å²) in [5.41, 5.74) is 5.58. The molecule has 3 N–H and O–H groups in total. The lowest BCUT2D eigenvalue weighted by atomic mass is 10.4. The zero-order valence-electron chi connectivity index (χ0n) is 9.68. The molecule has 1 aromatic rings. The van der Waals surface area contributed by atoms with E-state index >= 15 is 0 Å². The van der Waals surface area contributed by atoms with Crippen molar-refractivity contribution in [2.75, 3.05) is 33.5 Å². The van der Waals surface area contributed by atoms with Crippen molar-refractivity contribution >= 4 is 5.84 Å². The predicted octanol–water partition coefficient (Wildman–Crippen LogP) is -0.198. The number of hydrogen-bond donors (Lipinski definition) is 2. The van der Waals surface area contributed by atoms with E-state index in [1.54, 1.807) is 7.11 Å². The van der Waals surface area contributed by atoms with Crippen LogP contribution in [-0.2, 0) is 9.47 Å². The van der Waals surface area contributed by atoms with Gasteiger partial charge in [-0.05, 0) is 0 Å². The second kappa shape index (κ2) is 7.53. The van der Waals surface area contributed by atoms with Crippen LogP contribution in [0.3, 0.4) is 0 Å². The van der Waals surface area contributed by atoms with Gasteiger partial charge in [-0.15, -0.1) is 0 Å². The molecule has 0 saturated heterocycles. The molecule has 7 nitrogen and oxygen atoms in total. The number of nitrogens with two attached hydrogens (primary N) is 1. The Hall–Kier alpha value is -1.73. The minimum absolute atomic E-state index is 0.173. The lowest BCUT2D eigenvalue weighted by molar-refractivity contribution is 0.0536. The average Bonchev–Trinajstić information content (AvgIpc) is 2.34. The predicted molar refractivity (Wildman–Crippen MR) is 61.2 cm³/mol. The van der Waals surface area contributed by atoms with Crippen LogP contribution >= 0.6 is 0 Å². The fourth-order valence-electron chi connectivity index (χ4n) is 1.06. The van der Waals surface area contributed by atoms with Crippen molar-refractivity contribution < 1.29 is 14.2 Å². The van der Waals surface area contributed by atoms with E-state index in [-0.39, 0.29) is 17.4 Å². The Balaban J connectivity index is 2.34. The summed E-state index contributed by atoms with van der Waals surface area (Å²) >= 11 is 0. The number of nitrogens with one attached hydrogen (secondary N) is 1. The molecule has 0 amide bonds. The van der Waals surface area contributed by atoms with E-state index < -0.39 is 0 Å². The van der Waals surface area contributed by atoms with Crippen molar-refractivity contribution in [3.8, 4) is 5.88 Å². The highest BCUT2D eigenvalue weighted by atomic mass is 16.5. The van der Waals surface area contributed by atoms with Gasteiger partial charge >= 0.3 is 0 Å². The molecule has 7 heteroatoms. The Morgan fingerprint density at radius 2 is 1.94 bits per heavy atom. The second-order valence-corrected chi connectivity index (χ2v) is 3.08. The van der Waals surface area contributed by atoms with Gasteiger partial charge in [0.1, 0.15) is 12.4 Å². The first-order chi connectivity index (χ1) is 8.25. The summed E-state index contributed by atoms with van der Waals surface area (Å²) < 4.78 is 15.4. The molecular weight excluding hydrogens is 224 g/mol. The molecule has 0 aliphatic heterocycles. The number of methoxy groups -OCH3 is 1. The summed E-state index contributed by atoms with van der Waals surface area (Å²) in [6.07, 6.45) is 2.94. The van der Waals surface area contributed by atoms with Crippen LogP contribution in [0, 0.1) is 5.41 Å². The largest absolute Gasteiger partial charge is 0.474 e. The lowest BCUT2D eigenvalue weighted by Crippen LogP contribution is -2.17. The van der Waals surface area contributed by atoms with Crippen molar-refractivity contribution in [2.24, 2.45) is 5.73 Å². The van der Waals surface area contributed by atoms with Crippen molar-refractivity contribution in [2.45, 2.75) is 0 Å². The third kappa shape index (κ3) is 4.75. The Labute approximate surface area is 99.4 Å². The summed E-state index contributed by atoms with van der Waals surface area (Å²) in [6, 6.07) is 0. The van der Waals surface area contributed by atoms with Gasteiger partial charge < -0.3 is 19.9 Å². The summed E-state index contributed by atoms with van der Waals surface area (Å²) in [5, 5.41) is 7.30. The molecule has 0 saturated carbocycles. The van der Waals surface area contributed by atoms with Crippen molar-refractivity contribution in [1.82, 2.24) is 9.97 Å². The van der Waals surface area contributed by atoms with Gasteiger partial charge in [-0.2, -0.15) is 0 Å². The van der Waals surface area contributed by atoms with Crippen molar-refractivity contribution in [3.05, 3.63) is 18.1 Å². The van der Waals surface area contributed by atoms with E-state index in [1.807, 2.05) is 0 Å². The van der Waals surface area contributed by atoms with Crippen molar-refractivity contribution in [1.29, 1.82) is 5.41 Å². The molecule has 0 aliphatic carbocycles. The topological polar surface area (TPSA) is 103 Å². The molecule has 0 aromatic carbocycles. The summed E-state index contributed by atoms with van der Waals surface area (Å²) in [6.45, 7) is 1.80. The van der Waals surface area contributed by atoms with Gasteiger partial charge in [-0.3, -0.25) is 5.41 Å². The number of ether oxygens (including phenoxy) is 3. The third-order valence-electron chi connectivity index (χ3n) is 1.82. The maximum absolute atomic E-state index is 7.30. The van der Waals surface area contributed by atoms with Crippen LogP contribution in [0.4, 0.5) is 0 Å². The molecule has 0 atom stereocenters. The Morgan fingerprint density at radius 1 is 1.24 bits per heavy atom. The van der Waals surface area contributed by atoms with E-state index in [1.165, 1.54) is 12.4 Å². The minimum Gasteiger partial charge on any atom is -0.474 e. The van der Waals surface area contributed by atoms with E-state index in [0.29, 0.717) is 26.4 Å². The highest BCUT2D eigenvalue weighted by Gasteiger charge is 2.08. The zero-order chi connectivity index (χ0) is 12.5. The van der Waals surface area contributed by atoms with Gasteiger partial charge in [-0.1, -0.05) is 0 Å². The molecule has 94 valence electrons. The van der Waals surface area contributed by atoms with Gasteiger partial charge in [0.2, 0.25) is 5.88 Å². The Kier molecular flexibility index (Phi) is 5.91. The fourth-order valence-corrected chi connectivity index (χ4v) is 1.06.